The van der Waals surface area contributed by atoms with Crippen molar-refractivity contribution in [2.45, 2.75) is 95.1 Å². The van der Waals surface area contributed by atoms with Gasteiger partial charge in [-0.1, -0.05) is 12.5 Å². The fourth-order valence-corrected chi connectivity index (χ4v) is 7.68. The SMILES string of the molecule is C[C@]12CC[C@@H]3[C@@H](CCC4=CC(=O)CC[C@@H]43)[C@H]1CC[C@@H]2O[C@@H]1OC(C(=O)O)[C@@H](O)C(O)C1O. The average molecular weight is 451 g/mol. The Morgan fingerprint density at radius 3 is 2.56 bits per heavy atom. The molecule has 0 radical (unpaired) electrons. The fourth-order valence-electron chi connectivity index (χ4n) is 7.68. The Hall–Kier alpha value is -1.32. The van der Waals surface area contributed by atoms with Crippen molar-refractivity contribution < 1.29 is 39.5 Å². The molecular formula is C24H34O8. The molecule has 0 aromatic carbocycles. The quantitative estimate of drug-likeness (QED) is 0.507. The Labute approximate surface area is 187 Å². The number of ketones is 1. The van der Waals surface area contributed by atoms with Gasteiger partial charge in [0.05, 0.1) is 6.10 Å². The Balaban J connectivity index is 1.31. The van der Waals surface area contributed by atoms with Gasteiger partial charge < -0.3 is 29.9 Å². The van der Waals surface area contributed by atoms with Gasteiger partial charge in [0.25, 0.3) is 0 Å². The third-order valence-corrected chi connectivity index (χ3v) is 9.32. The van der Waals surface area contributed by atoms with E-state index in [1.54, 1.807) is 0 Å². The topological polar surface area (TPSA) is 134 Å². The molecule has 4 aliphatic carbocycles. The van der Waals surface area contributed by atoms with Crippen LogP contribution < -0.4 is 0 Å². The Morgan fingerprint density at radius 2 is 1.81 bits per heavy atom. The number of rotatable bonds is 3. The van der Waals surface area contributed by atoms with Gasteiger partial charge in [0, 0.05) is 6.42 Å². The standard InChI is InChI=1S/C24H34O8/c1-24-9-8-14-13-5-3-12(25)10-11(13)2-4-15(14)16(24)6-7-17(24)31-23-20(28)18(26)19(27)21(32-23)22(29)30/h10,13-21,23,26-28H,2-9H2,1H3,(H,29,30)/t13-,14-,15+,16+,17-,18?,19-,20?,21?,23+,24-/m0/s1. The van der Waals surface area contributed by atoms with Crippen LogP contribution in [0, 0.1) is 29.1 Å². The number of hydrogen-bond acceptors (Lipinski definition) is 7. The molecule has 1 heterocycles. The van der Waals surface area contributed by atoms with Crippen LogP contribution in [0.5, 0.6) is 0 Å². The van der Waals surface area contributed by atoms with Crippen LogP contribution in [0.4, 0.5) is 0 Å². The second-order valence-electron chi connectivity index (χ2n) is 10.8. The van der Waals surface area contributed by atoms with Gasteiger partial charge in [-0.15, -0.1) is 0 Å². The van der Waals surface area contributed by atoms with E-state index < -0.39 is 36.7 Å². The van der Waals surface area contributed by atoms with Crippen LogP contribution in [-0.2, 0) is 19.1 Å². The van der Waals surface area contributed by atoms with Crippen LogP contribution >= 0.6 is 0 Å². The van der Waals surface area contributed by atoms with E-state index >= 15 is 0 Å². The van der Waals surface area contributed by atoms with Gasteiger partial charge >= 0.3 is 5.97 Å². The number of hydrogen-bond donors (Lipinski definition) is 4. The first kappa shape index (κ1) is 22.5. The van der Waals surface area contributed by atoms with E-state index in [1.807, 2.05) is 6.08 Å². The smallest absolute Gasteiger partial charge is 0.335 e. The summed E-state index contributed by atoms with van der Waals surface area (Å²) in [5, 5.41) is 39.8. The minimum Gasteiger partial charge on any atom is -0.479 e. The summed E-state index contributed by atoms with van der Waals surface area (Å²) in [7, 11) is 0. The van der Waals surface area contributed by atoms with E-state index in [0.717, 1.165) is 44.9 Å². The molecule has 0 aromatic heterocycles. The number of allylic oxidation sites excluding steroid dienone is 1. The molecule has 3 unspecified atom stereocenters. The molecule has 0 aromatic rings. The third-order valence-electron chi connectivity index (χ3n) is 9.32. The minimum absolute atomic E-state index is 0.115. The van der Waals surface area contributed by atoms with Crippen molar-refractivity contribution in [1.29, 1.82) is 0 Å². The van der Waals surface area contributed by atoms with Gasteiger partial charge in [-0.2, -0.15) is 0 Å². The van der Waals surface area contributed by atoms with E-state index in [4.69, 9.17) is 9.47 Å². The van der Waals surface area contributed by atoms with Gasteiger partial charge in [-0.3, -0.25) is 4.79 Å². The Bertz CT molecular complexity index is 810. The highest BCUT2D eigenvalue weighted by atomic mass is 16.7. The summed E-state index contributed by atoms with van der Waals surface area (Å²) >= 11 is 0. The molecule has 5 aliphatic rings. The predicted octanol–water partition coefficient (Wildman–Crippen LogP) is 1.41. The lowest BCUT2D eigenvalue weighted by Crippen LogP contribution is -2.61. The molecule has 0 spiro atoms. The lowest BCUT2D eigenvalue weighted by atomic mass is 9.52. The number of carboxylic acid groups (broad SMARTS) is 1. The number of carbonyl (C=O) groups is 2. The molecule has 0 bridgehead atoms. The number of carboxylic acids is 1. The van der Waals surface area contributed by atoms with Gasteiger partial charge in [0.2, 0.25) is 0 Å². The van der Waals surface area contributed by atoms with Gasteiger partial charge in [-0.25, -0.2) is 4.79 Å². The first-order chi connectivity index (χ1) is 15.2. The highest BCUT2D eigenvalue weighted by Gasteiger charge is 2.58. The van der Waals surface area contributed by atoms with Crippen molar-refractivity contribution in [2.75, 3.05) is 0 Å². The summed E-state index contributed by atoms with van der Waals surface area (Å²) in [4.78, 5) is 23.3. The monoisotopic (exact) mass is 450 g/mol. The number of carbonyl (C=O) groups excluding carboxylic acids is 1. The van der Waals surface area contributed by atoms with E-state index in [0.29, 0.717) is 30.1 Å². The highest BCUT2D eigenvalue weighted by Crippen LogP contribution is 2.62. The summed E-state index contributed by atoms with van der Waals surface area (Å²) in [6.45, 7) is 2.23. The van der Waals surface area contributed by atoms with E-state index in [-0.39, 0.29) is 17.3 Å². The summed E-state index contributed by atoms with van der Waals surface area (Å²) in [5.41, 5.74) is 1.23. The molecule has 11 atom stereocenters. The van der Waals surface area contributed by atoms with Crippen LogP contribution in [0.3, 0.4) is 0 Å². The molecule has 32 heavy (non-hydrogen) atoms. The molecule has 4 N–H and O–H groups in total. The van der Waals surface area contributed by atoms with E-state index in [9.17, 15) is 30.0 Å². The summed E-state index contributed by atoms with van der Waals surface area (Å²) in [5.74, 6) is 1.04. The highest BCUT2D eigenvalue weighted by molar-refractivity contribution is 5.91. The molecular weight excluding hydrogens is 416 g/mol. The van der Waals surface area contributed by atoms with Gasteiger partial charge in [0.15, 0.2) is 18.2 Å². The normalized spacial score (nSPS) is 50.8. The molecule has 8 heteroatoms. The number of ether oxygens (including phenoxy) is 2. The van der Waals surface area contributed by atoms with Crippen molar-refractivity contribution in [3.63, 3.8) is 0 Å². The summed E-state index contributed by atoms with van der Waals surface area (Å²) in [6, 6.07) is 0. The van der Waals surface area contributed by atoms with Crippen LogP contribution in [0.2, 0.25) is 0 Å². The molecule has 4 fully saturated rings. The zero-order valence-electron chi connectivity index (χ0n) is 18.4. The number of fused-ring (bicyclic) bond motifs is 5. The third kappa shape index (κ3) is 3.46. The molecule has 1 aliphatic heterocycles. The van der Waals surface area contributed by atoms with Crippen molar-refractivity contribution in [2.24, 2.45) is 29.1 Å². The largest absolute Gasteiger partial charge is 0.479 e. The Morgan fingerprint density at radius 1 is 1.03 bits per heavy atom. The minimum atomic E-state index is -1.71. The van der Waals surface area contributed by atoms with E-state index in [2.05, 4.69) is 6.92 Å². The Kier molecular flexibility index (Phi) is 5.73. The maximum absolute atomic E-state index is 11.9. The lowest BCUT2D eigenvalue weighted by Gasteiger charge is -2.54. The van der Waals surface area contributed by atoms with Crippen molar-refractivity contribution >= 4 is 11.8 Å². The molecule has 0 amide bonds. The second-order valence-corrected chi connectivity index (χ2v) is 10.8. The molecule has 8 nitrogen and oxygen atoms in total. The van der Waals surface area contributed by atoms with E-state index in [1.165, 1.54) is 5.57 Å². The van der Waals surface area contributed by atoms with Crippen LogP contribution in [0.1, 0.15) is 58.3 Å². The molecule has 178 valence electrons. The zero-order chi connectivity index (χ0) is 22.8. The lowest BCUT2D eigenvalue weighted by molar-refractivity contribution is -0.312. The number of aliphatic hydroxyl groups excluding tert-OH is 3. The number of aliphatic carboxylic acids is 1. The maximum atomic E-state index is 11.9. The second kappa shape index (κ2) is 8.17. The predicted molar refractivity (Wildman–Crippen MR) is 111 cm³/mol. The first-order valence-corrected chi connectivity index (χ1v) is 12.0. The summed E-state index contributed by atoms with van der Waals surface area (Å²) in [6.07, 6.45) is 1.41. The van der Waals surface area contributed by atoms with Crippen molar-refractivity contribution in [1.82, 2.24) is 0 Å². The molecule has 3 saturated carbocycles. The van der Waals surface area contributed by atoms with Gasteiger partial charge in [-0.05, 0) is 80.1 Å². The molecule has 1 saturated heterocycles. The maximum Gasteiger partial charge on any atom is 0.335 e. The van der Waals surface area contributed by atoms with Gasteiger partial charge in [0.1, 0.15) is 18.3 Å². The average Bonchev–Trinajstić information content (AvgIpc) is 3.09. The summed E-state index contributed by atoms with van der Waals surface area (Å²) < 4.78 is 11.6. The van der Waals surface area contributed by atoms with Crippen LogP contribution in [0.25, 0.3) is 0 Å². The zero-order valence-corrected chi connectivity index (χ0v) is 18.4. The fraction of sp³-hybridized carbons (Fsp3) is 0.833. The number of aliphatic hydroxyl groups is 3. The van der Waals surface area contributed by atoms with Crippen molar-refractivity contribution in [3.8, 4) is 0 Å². The van der Waals surface area contributed by atoms with Crippen LogP contribution in [0.15, 0.2) is 11.6 Å². The first-order valence-electron chi connectivity index (χ1n) is 12.0. The van der Waals surface area contributed by atoms with Crippen molar-refractivity contribution in [3.05, 3.63) is 11.6 Å². The molecule has 5 rings (SSSR count). The van der Waals surface area contributed by atoms with Crippen LogP contribution in [-0.4, -0.2) is 69.0 Å².